The van der Waals surface area contributed by atoms with Gasteiger partial charge in [0, 0.05) is 26.2 Å². The molecular formula is C16H22F2N4. The van der Waals surface area contributed by atoms with Gasteiger partial charge in [0.15, 0.2) is 0 Å². The van der Waals surface area contributed by atoms with Gasteiger partial charge in [0.1, 0.15) is 5.82 Å². The van der Waals surface area contributed by atoms with Crippen LogP contribution in [0.15, 0.2) is 12.1 Å². The quantitative estimate of drug-likeness (QED) is 0.875. The monoisotopic (exact) mass is 308 g/mol. The van der Waals surface area contributed by atoms with Crippen molar-refractivity contribution in [3.63, 3.8) is 0 Å². The molecule has 0 radical (unpaired) electrons. The summed E-state index contributed by atoms with van der Waals surface area (Å²) >= 11 is 0. The second kappa shape index (κ2) is 5.13. The molecule has 0 aliphatic carbocycles. The smallest absolute Gasteiger partial charge is 0.268 e. The number of fused-ring (bicyclic) bond motifs is 1. The fourth-order valence-corrected chi connectivity index (χ4v) is 3.77. The highest BCUT2D eigenvalue weighted by Gasteiger charge is 2.59. The molecule has 120 valence electrons. The Hall–Kier alpha value is -1.27. The Balaban J connectivity index is 1.46. The maximum absolute atomic E-state index is 14.4. The number of hydrogen-bond acceptors (Lipinski definition) is 4. The molecule has 3 aliphatic heterocycles. The van der Waals surface area contributed by atoms with Gasteiger partial charge < -0.3 is 10.6 Å². The first-order chi connectivity index (χ1) is 10.6. The van der Waals surface area contributed by atoms with Crippen molar-refractivity contribution >= 4 is 5.82 Å². The Labute approximate surface area is 129 Å². The maximum Gasteiger partial charge on any atom is 0.268 e. The summed E-state index contributed by atoms with van der Waals surface area (Å²) in [5.74, 6) is -1.67. The van der Waals surface area contributed by atoms with E-state index >= 15 is 0 Å². The molecule has 0 aromatic carbocycles. The van der Waals surface area contributed by atoms with Gasteiger partial charge >= 0.3 is 0 Å². The first-order valence-corrected chi connectivity index (χ1v) is 8.12. The van der Waals surface area contributed by atoms with Crippen molar-refractivity contribution in [2.75, 3.05) is 38.0 Å². The van der Waals surface area contributed by atoms with Crippen LogP contribution in [0.25, 0.3) is 0 Å². The predicted octanol–water partition coefficient (Wildman–Crippen LogP) is 1.87. The summed E-state index contributed by atoms with van der Waals surface area (Å²) in [6, 6.07) is 4.07. The third-order valence-corrected chi connectivity index (χ3v) is 5.37. The van der Waals surface area contributed by atoms with E-state index in [4.69, 9.17) is 0 Å². The Kier molecular flexibility index (Phi) is 3.34. The largest absolute Gasteiger partial charge is 0.370 e. The zero-order valence-electron chi connectivity index (χ0n) is 12.7. The number of aryl methyl sites for hydroxylation is 1. The molecule has 4 rings (SSSR count). The average Bonchev–Trinajstić information content (AvgIpc) is 2.44. The lowest BCUT2D eigenvalue weighted by molar-refractivity contribution is -0.190. The fourth-order valence-electron chi connectivity index (χ4n) is 3.77. The lowest BCUT2D eigenvalue weighted by Gasteiger charge is -2.53. The summed E-state index contributed by atoms with van der Waals surface area (Å²) in [6.45, 7) is 2.93. The van der Waals surface area contributed by atoms with Gasteiger partial charge in [-0.3, -0.25) is 4.90 Å². The van der Waals surface area contributed by atoms with E-state index in [0.29, 0.717) is 26.1 Å². The van der Waals surface area contributed by atoms with Gasteiger partial charge in [-0.15, -0.1) is 0 Å². The van der Waals surface area contributed by atoms with Crippen LogP contribution in [0.1, 0.15) is 24.1 Å². The van der Waals surface area contributed by atoms with Crippen molar-refractivity contribution in [3.05, 3.63) is 23.4 Å². The van der Waals surface area contributed by atoms with Gasteiger partial charge in [0.05, 0.1) is 17.7 Å². The highest BCUT2D eigenvalue weighted by atomic mass is 19.3. The second-order valence-electron chi connectivity index (χ2n) is 6.89. The van der Waals surface area contributed by atoms with Crippen LogP contribution in [0.4, 0.5) is 14.6 Å². The third kappa shape index (κ3) is 2.29. The number of nitrogens with one attached hydrogen (secondary N) is 2. The summed E-state index contributed by atoms with van der Waals surface area (Å²) in [4.78, 5) is 6.46. The van der Waals surface area contributed by atoms with Crippen LogP contribution in [0, 0.1) is 5.41 Å². The minimum absolute atomic E-state index is 0.152. The highest BCUT2D eigenvalue weighted by molar-refractivity contribution is 5.47. The van der Waals surface area contributed by atoms with Gasteiger partial charge in [0.25, 0.3) is 5.92 Å². The molecule has 0 amide bonds. The van der Waals surface area contributed by atoms with Crippen LogP contribution < -0.4 is 10.6 Å². The van der Waals surface area contributed by atoms with Crippen molar-refractivity contribution in [2.45, 2.75) is 31.7 Å². The topological polar surface area (TPSA) is 40.2 Å². The number of rotatable bonds is 2. The van der Waals surface area contributed by atoms with Gasteiger partial charge in [-0.25, -0.2) is 13.8 Å². The number of alkyl halides is 2. The Bertz CT molecular complexity index is 571. The van der Waals surface area contributed by atoms with Gasteiger partial charge in [-0.1, -0.05) is 6.07 Å². The first-order valence-electron chi connectivity index (χ1n) is 8.12. The minimum atomic E-state index is -2.61. The predicted molar refractivity (Wildman–Crippen MR) is 81.2 cm³/mol. The number of aromatic nitrogens is 1. The molecule has 6 heteroatoms. The molecule has 0 atom stereocenters. The normalized spacial score (nSPS) is 26.1. The molecule has 2 fully saturated rings. The SMILES string of the molecule is FC1(F)CN(Cc2ccc3c(n2)NCCC3)CCC12CNC2. The lowest BCUT2D eigenvalue weighted by atomic mass is 9.70. The van der Waals surface area contributed by atoms with E-state index < -0.39 is 11.3 Å². The standard InChI is InChI=1S/C16H22F2N4/c17-16(18)11-22(7-5-15(16)9-19-10-15)8-13-4-3-12-2-1-6-20-14(12)21-13/h3-4,19H,1-2,5-11H2,(H,20,21). The summed E-state index contributed by atoms with van der Waals surface area (Å²) in [7, 11) is 0. The summed E-state index contributed by atoms with van der Waals surface area (Å²) in [5.41, 5.74) is 1.32. The van der Waals surface area contributed by atoms with E-state index in [-0.39, 0.29) is 6.54 Å². The Morgan fingerprint density at radius 1 is 1.27 bits per heavy atom. The average molecular weight is 308 g/mol. The van der Waals surface area contributed by atoms with Crippen LogP contribution in [0.3, 0.4) is 0 Å². The molecule has 3 aliphatic rings. The Morgan fingerprint density at radius 2 is 2.14 bits per heavy atom. The lowest BCUT2D eigenvalue weighted by Crippen LogP contribution is -2.68. The van der Waals surface area contributed by atoms with Crippen molar-refractivity contribution in [1.29, 1.82) is 0 Å². The summed E-state index contributed by atoms with van der Waals surface area (Å²) < 4.78 is 28.8. The fraction of sp³-hybridized carbons (Fsp3) is 0.688. The molecule has 0 saturated carbocycles. The third-order valence-electron chi connectivity index (χ3n) is 5.37. The van der Waals surface area contributed by atoms with Gasteiger partial charge in [-0.05, 0) is 37.4 Å². The van der Waals surface area contributed by atoms with Crippen molar-refractivity contribution in [2.24, 2.45) is 5.41 Å². The molecule has 1 aromatic heterocycles. The van der Waals surface area contributed by atoms with E-state index in [1.54, 1.807) is 0 Å². The minimum Gasteiger partial charge on any atom is -0.370 e. The number of hydrogen-bond donors (Lipinski definition) is 2. The number of pyridine rings is 1. The highest BCUT2D eigenvalue weighted by Crippen LogP contribution is 2.46. The van der Waals surface area contributed by atoms with Crippen molar-refractivity contribution in [1.82, 2.24) is 15.2 Å². The maximum atomic E-state index is 14.4. The molecule has 2 saturated heterocycles. The van der Waals surface area contributed by atoms with E-state index in [0.717, 1.165) is 37.4 Å². The number of halogens is 2. The van der Waals surface area contributed by atoms with E-state index in [2.05, 4.69) is 21.7 Å². The Morgan fingerprint density at radius 3 is 2.86 bits per heavy atom. The van der Waals surface area contributed by atoms with E-state index in [1.807, 2.05) is 11.0 Å². The molecule has 4 nitrogen and oxygen atoms in total. The van der Waals surface area contributed by atoms with Crippen molar-refractivity contribution < 1.29 is 8.78 Å². The first kappa shape index (κ1) is 14.3. The zero-order valence-corrected chi connectivity index (χ0v) is 12.7. The second-order valence-corrected chi connectivity index (χ2v) is 6.89. The van der Waals surface area contributed by atoms with Crippen LogP contribution in [0.5, 0.6) is 0 Å². The molecule has 4 heterocycles. The number of likely N-dealkylation sites (tertiary alicyclic amines) is 1. The molecular weight excluding hydrogens is 286 g/mol. The van der Waals surface area contributed by atoms with Gasteiger partial charge in [-0.2, -0.15) is 0 Å². The number of nitrogens with zero attached hydrogens (tertiary/aromatic N) is 2. The van der Waals surface area contributed by atoms with Crippen LogP contribution in [0.2, 0.25) is 0 Å². The summed E-state index contributed by atoms with van der Waals surface area (Å²) in [6.07, 6.45) is 2.74. The van der Waals surface area contributed by atoms with E-state index in [9.17, 15) is 8.78 Å². The number of anilines is 1. The van der Waals surface area contributed by atoms with E-state index in [1.165, 1.54) is 5.56 Å². The van der Waals surface area contributed by atoms with Crippen LogP contribution in [-0.2, 0) is 13.0 Å². The van der Waals surface area contributed by atoms with Crippen LogP contribution in [-0.4, -0.2) is 48.5 Å². The summed E-state index contributed by atoms with van der Waals surface area (Å²) in [5, 5.41) is 6.31. The molecule has 1 spiro atoms. The van der Waals surface area contributed by atoms with Crippen molar-refractivity contribution in [3.8, 4) is 0 Å². The molecule has 0 bridgehead atoms. The molecule has 1 aromatic rings. The zero-order chi connectivity index (χ0) is 15.2. The van der Waals surface area contributed by atoms with Gasteiger partial charge in [0.2, 0.25) is 0 Å². The number of piperidine rings is 1. The van der Waals surface area contributed by atoms with Crippen LogP contribution >= 0.6 is 0 Å². The molecule has 22 heavy (non-hydrogen) atoms. The molecule has 0 unspecified atom stereocenters. The molecule has 2 N–H and O–H groups in total.